The van der Waals surface area contributed by atoms with Gasteiger partial charge in [0.15, 0.2) is 0 Å². The van der Waals surface area contributed by atoms with E-state index in [1.165, 1.54) is 5.57 Å². The van der Waals surface area contributed by atoms with Crippen molar-refractivity contribution in [2.24, 2.45) is 5.41 Å². The van der Waals surface area contributed by atoms with E-state index in [1.807, 2.05) is 0 Å². The summed E-state index contributed by atoms with van der Waals surface area (Å²) in [6, 6.07) is 0. The zero-order chi connectivity index (χ0) is 9.31. The average Bonchev–Trinajstić information content (AvgIpc) is 2.47. The molecule has 0 saturated carbocycles. The smallest absolute Gasteiger partial charge is 0.118 e. The highest BCUT2D eigenvalue weighted by Crippen LogP contribution is 2.43. The van der Waals surface area contributed by atoms with Gasteiger partial charge in [0.1, 0.15) is 12.4 Å². The summed E-state index contributed by atoms with van der Waals surface area (Å²) >= 11 is 0. The quantitative estimate of drug-likeness (QED) is 0.593. The summed E-state index contributed by atoms with van der Waals surface area (Å²) in [4.78, 5) is 0. The van der Waals surface area contributed by atoms with E-state index in [2.05, 4.69) is 37.8 Å². The lowest BCUT2D eigenvalue weighted by molar-refractivity contribution is 0.198. The van der Waals surface area contributed by atoms with Crippen molar-refractivity contribution in [2.75, 3.05) is 6.61 Å². The molecule has 68 valence electrons. The Morgan fingerprint density at radius 1 is 1.54 bits per heavy atom. The number of rotatable bonds is 1. The molecule has 1 heterocycles. The van der Waals surface area contributed by atoms with Gasteiger partial charge in [0.2, 0.25) is 0 Å². The largest absolute Gasteiger partial charge is 0.492 e. The first-order chi connectivity index (χ1) is 6.28. The Balaban J connectivity index is 2.37. The molecule has 1 aliphatic heterocycles. The van der Waals surface area contributed by atoms with Crippen molar-refractivity contribution in [2.45, 2.75) is 13.3 Å². The summed E-state index contributed by atoms with van der Waals surface area (Å²) in [6.45, 7) is 6.64. The summed E-state index contributed by atoms with van der Waals surface area (Å²) in [5.41, 5.74) is 1.43. The van der Waals surface area contributed by atoms with Crippen LogP contribution in [-0.2, 0) is 4.74 Å². The predicted octanol–water partition coefficient (Wildman–Crippen LogP) is 2.98. The van der Waals surface area contributed by atoms with Crippen LogP contribution in [0.1, 0.15) is 13.3 Å². The van der Waals surface area contributed by atoms with Gasteiger partial charge >= 0.3 is 0 Å². The van der Waals surface area contributed by atoms with Crippen molar-refractivity contribution in [3.8, 4) is 0 Å². The highest BCUT2D eigenvalue weighted by atomic mass is 16.5. The van der Waals surface area contributed by atoms with E-state index in [9.17, 15) is 0 Å². The molecule has 2 rings (SSSR count). The molecule has 2 aliphatic rings. The van der Waals surface area contributed by atoms with E-state index in [4.69, 9.17) is 4.74 Å². The minimum Gasteiger partial charge on any atom is -0.492 e. The maximum absolute atomic E-state index is 5.58. The zero-order valence-corrected chi connectivity index (χ0v) is 7.92. The standard InChI is InChI=1S/C12H14O/c1-3-11-10(2)12(9-13-11)7-5-4-6-8-12/h3-7H,1,8-9H2,2H3. The minimum atomic E-state index is 0.123. The molecule has 1 nitrogen and oxygen atoms in total. The second-order valence-electron chi connectivity index (χ2n) is 3.63. The summed E-state index contributed by atoms with van der Waals surface area (Å²) < 4.78 is 5.58. The molecular formula is C12H14O. The van der Waals surface area contributed by atoms with Gasteiger partial charge in [-0.3, -0.25) is 0 Å². The molecule has 0 aromatic carbocycles. The molecule has 1 aliphatic carbocycles. The van der Waals surface area contributed by atoms with Gasteiger partial charge in [-0.25, -0.2) is 0 Å². The van der Waals surface area contributed by atoms with Crippen LogP contribution in [0.5, 0.6) is 0 Å². The highest BCUT2D eigenvalue weighted by molar-refractivity contribution is 5.36. The SMILES string of the molecule is C=CC1=C(C)C2(C=CC=CC2)CO1. The van der Waals surface area contributed by atoms with E-state index < -0.39 is 0 Å². The Morgan fingerprint density at radius 2 is 2.38 bits per heavy atom. The van der Waals surface area contributed by atoms with Crippen molar-refractivity contribution in [3.05, 3.63) is 48.3 Å². The molecule has 1 heteroatoms. The number of hydrogen-bond acceptors (Lipinski definition) is 1. The first-order valence-electron chi connectivity index (χ1n) is 4.59. The lowest BCUT2D eigenvalue weighted by Crippen LogP contribution is -2.21. The van der Waals surface area contributed by atoms with Crippen molar-refractivity contribution < 1.29 is 4.74 Å². The van der Waals surface area contributed by atoms with Crippen molar-refractivity contribution >= 4 is 0 Å². The lowest BCUT2D eigenvalue weighted by atomic mass is 9.77. The van der Waals surface area contributed by atoms with Crippen LogP contribution in [-0.4, -0.2) is 6.61 Å². The number of hydrogen-bond donors (Lipinski definition) is 0. The van der Waals surface area contributed by atoms with Crippen LogP contribution in [0.4, 0.5) is 0 Å². The van der Waals surface area contributed by atoms with Gasteiger partial charge < -0.3 is 4.74 Å². The second-order valence-corrected chi connectivity index (χ2v) is 3.63. The number of ether oxygens (including phenoxy) is 1. The van der Waals surface area contributed by atoms with Crippen LogP contribution in [0.25, 0.3) is 0 Å². The van der Waals surface area contributed by atoms with Gasteiger partial charge in [0.25, 0.3) is 0 Å². The van der Waals surface area contributed by atoms with E-state index in [0.29, 0.717) is 0 Å². The predicted molar refractivity (Wildman–Crippen MR) is 54.2 cm³/mol. The van der Waals surface area contributed by atoms with Gasteiger partial charge in [0.05, 0.1) is 5.41 Å². The molecule has 1 atom stereocenters. The van der Waals surface area contributed by atoms with Crippen molar-refractivity contribution in [1.29, 1.82) is 0 Å². The van der Waals surface area contributed by atoms with Gasteiger partial charge in [-0.2, -0.15) is 0 Å². The maximum Gasteiger partial charge on any atom is 0.118 e. The maximum atomic E-state index is 5.58. The molecule has 0 saturated heterocycles. The molecule has 1 unspecified atom stereocenters. The fourth-order valence-electron chi connectivity index (χ4n) is 1.93. The first-order valence-corrected chi connectivity index (χ1v) is 4.59. The molecule has 0 aromatic rings. The summed E-state index contributed by atoms with van der Waals surface area (Å²) in [7, 11) is 0. The van der Waals surface area contributed by atoms with Crippen LogP contribution in [0, 0.1) is 5.41 Å². The fourth-order valence-corrected chi connectivity index (χ4v) is 1.93. The molecule has 0 amide bonds. The average molecular weight is 174 g/mol. The molecule has 0 aromatic heterocycles. The van der Waals surface area contributed by atoms with Crippen LogP contribution < -0.4 is 0 Å². The molecule has 1 spiro atoms. The molecule has 0 N–H and O–H groups in total. The fraction of sp³-hybridized carbons (Fsp3) is 0.333. The molecule has 13 heavy (non-hydrogen) atoms. The van der Waals surface area contributed by atoms with E-state index in [-0.39, 0.29) is 5.41 Å². The highest BCUT2D eigenvalue weighted by Gasteiger charge is 2.36. The van der Waals surface area contributed by atoms with Crippen molar-refractivity contribution in [1.82, 2.24) is 0 Å². The normalized spacial score (nSPS) is 31.2. The second kappa shape index (κ2) is 2.91. The van der Waals surface area contributed by atoms with Crippen LogP contribution in [0.2, 0.25) is 0 Å². The van der Waals surface area contributed by atoms with E-state index in [0.717, 1.165) is 18.8 Å². The first kappa shape index (κ1) is 8.36. The van der Waals surface area contributed by atoms with Gasteiger partial charge in [-0.15, -0.1) is 0 Å². The Bertz CT molecular complexity index is 320. The molecular weight excluding hydrogens is 160 g/mol. The minimum absolute atomic E-state index is 0.123. The Hall–Kier alpha value is -1.24. The summed E-state index contributed by atoms with van der Waals surface area (Å²) in [5.74, 6) is 0.958. The van der Waals surface area contributed by atoms with Crippen LogP contribution >= 0.6 is 0 Å². The van der Waals surface area contributed by atoms with Crippen LogP contribution in [0.3, 0.4) is 0 Å². The van der Waals surface area contributed by atoms with E-state index >= 15 is 0 Å². The Kier molecular flexibility index (Phi) is 1.87. The third kappa shape index (κ3) is 1.15. The van der Waals surface area contributed by atoms with Crippen LogP contribution in [0.15, 0.2) is 48.3 Å². The third-order valence-electron chi connectivity index (χ3n) is 2.93. The summed E-state index contributed by atoms with van der Waals surface area (Å²) in [5, 5.41) is 0. The zero-order valence-electron chi connectivity index (χ0n) is 7.92. The molecule has 0 radical (unpaired) electrons. The van der Waals surface area contributed by atoms with E-state index in [1.54, 1.807) is 6.08 Å². The van der Waals surface area contributed by atoms with Crippen molar-refractivity contribution in [3.63, 3.8) is 0 Å². The van der Waals surface area contributed by atoms with Gasteiger partial charge in [0, 0.05) is 0 Å². The topological polar surface area (TPSA) is 9.23 Å². The third-order valence-corrected chi connectivity index (χ3v) is 2.93. The lowest BCUT2D eigenvalue weighted by Gasteiger charge is -2.25. The Morgan fingerprint density at radius 3 is 2.92 bits per heavy atom. The number of allylic oxidation sites excluding steroid dienone is 4. The Labute approximate surface area is 79.1 Å². The van der Waals surface area contributed by atoms with Gasteiger partial charge in [-0.1, -0.05) is 30.9 Å². The monoisotopic (exact) mass is 174 g/mol. The molecule has 0 fully saturated rings. The van der Waals surface area contributed by atoms with Gasteiger partial charge in [-0.05, 0) is 25.0 Å². The summed E-state index contributed by atoms with van der Waals surface area (Å²) in [6.07, 6.45) is 11.5. The molecule has 0 bridgehead atoms.